The Kier molecular flexibility index (Phi) is 9.52. The summed E-state index contributed by atoms with van der Waals surface area (Å²) in [4.78, 5) is 17.6. The van der Waals surface area contributed by atoms with Gasteiger partial charge in [-0.2, -0.15) is 0 Å². The van der Waals surface area contributed by atoms with Gasteiger partial charge in [0.25, 0.3) is 0 Å². The summed E-state index contributed by atoms with van der Waals surface area (Å²) in [6.45, 7) is 1.57. The predicted molar refractivity (Wildman–Crippen MR) is 94.4 cm³/mol. The molecule has 1 aromatic carbocycles. The molecule has 0 aliphatic heterocycles. The van der Waals surface area contributed by atoms with Gasteiger partial charge in [0.2, 0.25) is 0 Å². The molecule has 23 heavy (non-hydrogen) atoms. The van der Waals surface area contributed by atoms with Gasteiger partial charge >= 0.3 is 5.97 Å². The summed E-state index contributed by atoms with van der Waals surface area (Å²) < 4.78 is 4.63. The molecule has 0 aromatic heterocycles. The smallest absolute Gasteiger partial charge is 0.305 e. The van der Waals surface area contributed by atoms with Crippen LogP contribution in [0.2, 0.25) is 0 Å². The van der Waals surface area contributed by atoms with Crippen LogP contribution in [0.25, 0.3) is 0 Å². The van der Waals surface area contributed by atoms with Crippen molar-refractivity contribution in [3.63, 3.8) is 0 Å². The second-order valence-corrected chi connectivity index (χ2v) is 5.69. The fourth-order valence-corrected chi connectivity index (χ4v) is 2.16. The Labute approximate surface area is 139 Å². The Balaban J connectivity index is 2.22. The van der Waals surface area contributed by atoms with Crippen molar-refractivity contribution in [3.8, 4) is 0 Å². The number of hydrogen-bond acceptors (Lipinski definition) is 3. The molecule has 1 rings (SSSR count). The van der Waals surface area contributed by atoms with E-state index in [1.165, 1.54) is 12.7 Å². The SMILES string of the molecule is COC(=O)CCCCCCNC(=NCc1ccccc1)N(C)C. The summed E-state index contributed by atoms with van der Waals surface area (Å²) in [6.07, 6.45) is 4.64. The van der Waals surface area contributed by atoms with Crippen LogP contribution < -0.4 is 5.32 Å². The van der Waals surface area contributed by atoms with Crippen LogP contribution in [0.5, 0.6) is 0 Å². The van der Waals surface area contributed by atoms with E-state index >= 15 is 0 Å². The molecular weight excluding hydrogens is 290 g/mol. The third-order valence-electron chi connectivity index (χ3n) is 3.50. The van der Waals surface area contributed by atoms with E-state index in [1.54, 1.807) is 0 Å². The third-order valence-corrected chi connectivity index (χ3v) is 3.50. The molecule has 1 aromatic rings. The first kappa shape index (κ1) is 19.0. The van der Waals surface area contributed by atoms with Gasteiger partial charge in [-0.1, -0.05) is 43.2 Å². The zero-order valence-electron chi connectivity index (χ0n) is 14.5. The van der Waals surface area contributed by atoms with E-state index in [-0.39, 0.29) is 5.97 Å². The number of aliphatic imine (C=N–C) groups is 1. The number of carbonyl (C=O) groups excluding carboxylic acids is 1. The molecule has 0 aliphatic carbocycles. The lowest BCUT2D eigenvalue weighted by molar-refractivity contribution is -0.140. The second kappa shape index (κ2) is 11.5. The van der Waals surface area contributed by atoms with Crippen molar-refractivity contribution in [2.75, 3.05) is 27.7 Å². The number of unbranched alkanes of at least 4 members (excludes halogenated alkanes) is 3. The Morgan fingerprint density at radius 2 is 1.83 bits per heavy atom. The first-order valence-electron chi connectivity index (χ1n) is 8.20. The van der Waals surface area contributed by atoms with E-state index in [1.807, 2.05) is 37.2 Å². The van der Waals surface area contributed by atoms with Crippen molar-refractivity contribution in [1.29, 1.82) is 0 Å². The molecular formula is C18H29N3O2. The summed E-state index contributed by atoms with van der Waals surface area (Å²) in [7, 11) is 5.42. The summed E-state index contributed by atoms with van der Waals surface area (Å²) in [5.41, 5.74) is 1.21. The molecule has 0 unspecified atom stereocenters. The quantitative estimate of drug-likeness (QED) is 0.329. The first-order valence-corrected chi connectivity index (χ1v) is 8.20. The molecule has 0 aliphatic rings. The number of guanidine groups is 1. The fourth-order valence-electron chi connectivity index (χ4n) is 2.16. The van der Waals surface area contributed by atoms with Crippen LogP contribution in [-0.4, -0.2) is 44.6 Å². The van der Waals surface area contributed by atoms with Gasteiger partial charge < -0.3 is 15.0 Å². The van der Waals surface area contributed by atoms with E-state index in [0.29, 0.717) is 13.0 Å². The molecule has 0 atom stereocenters. The highest BCUT2D eigenvalue weighted by molar-refractivity contribution is 5.79. The second-order valence-electron chi connectivity index (χ2n) is 5.69. The number of hydrogen-bond donors (Lipinski definition) is 1. The lowest BCUT2D eigenvalue weighted by atomic mass is 10.1. The number of esters is 1. The fraction of sp³-hybridized carbons (Fsp3) is 0.556. The predicted octanol–water partition coefficient (Wildman–Crippen LogP) is 2.82. The first-order chi connectivity index (χ1) is 11.1. The molecule has 0 spiro atoms. The molecule has 0 fully saturated rings. The van der Waals surface area contributed by atoms with Crippen molar-refractivity contribution in [2.45, 2.75) is 38.6 Å². The number of carbonyl (C=O) groups is 1. The van der Waals surface area contributed by atoms with E-state index in [0.717, 1.165) is 38.2 Å². The molecule has 0 bridgehead atoms. The van der Waals surface area contributed by atoms with Crippen molar-refractivity contribution in [2.24, 2.45) is 4.99 Å². The van der Waals surface area contributed by atoms with Crippen LogP contribution in [0.1, 0.15) is 37.7 Å². The maximum absolute atomic E-state index is 11.0. The van der Waals surface area contributed by atoms with Gasteiger partial charge in [0, 0.05) is 27.1 Å². The highest BCUT2D eigenvalue weighted by Crippen LogP contribution is 2.04. The third kappa shape index (κ3) is 8.86. The lowest BCUT2D eigenvalue weighted by Gasteiger charge is -2.17. The largest absolute Gasteiger partial charge is 0.469 e. The Hall–Kier alpha value is -2.04. The minimum absolute atomic E-state index is 0.119. The Morgan fingerprint density at radius 3 is 2.48 bits per heavy atom. The number of methoxy groups -OCH3 is 1. The molecule has 0 amide bonds. The van der Waals surface area contributed by atoms with Gasteiger partial charge in [0.05, 0.1) is 13.7 Å². The minimum atomic E-state index is -0.119. The number of nitrogens with one attached hydrogen (secondary N) is 1. The normalized spacial score (nSPS) is 11.2. The molecule has 1 N–H and O–H groups in total. The van der Waals surface area contributed by atoms with Gasteiger partial charge in [-0.15, -0.1) is 0 Å². The molecule has 0 heterocycles. The van der Waals surface area contributed by atoms with E-state index < -0.39 is 0 Å². The van der Waals surface area contributed by atoms with Gasteiger partial charge in [0.1, 0.15) is 0 Å². The minimum Gasteiger partial charge on any atom is -0.469 e. The average Bonchev–Trinajstić information content (AvgIpc) is 2.56. The summed E-state index contributed by atoms with van der Waals surface area (Å²) in [5.74, 6) is 0.787. The summed E-state index contributed by atoms with van der Waals surface area (Å²) in [5, 5.41) is 3.38. The van der Waals surface area contributed by atoms with E-state index in [2.05, 4.69) is 27.2 Å². The zero-order chi connectivity index (χ0) is 16.9. The van der Waals surface area contributed by atoms with Gasteiger partial charge in [-0.05, 0) is 18.4 Å². The van der Waals surface area contributed by atoms with E-state index in [4.69, 9.17) is 0 Å². The molecule has 128 valence electrons. The molecule has 5 nitrogen and oxygen atoms in total. The highest BCUT2D eigenvalue weighted by Gasteiger charge is 2.02. The van der Waals surface area contributed by atoms with Crippen LogP contribution in [0.4, 0.5) is 0 Å². The maximum atomic E-state index is 11.0. The van der Waals surface area contributed by atoms with Crippen LogP contribution in [0.3, 0.4) is 0 Å². The Morgan fingerprint density at radius 1 is 1.13 bits per heavy atom. The van der Waals surface area contributed by atoms with Gasteiger partial charge in [-0.25, -0.2) is 4.99 Å². The zero-order valence-corrected chi connectivity index (χ0v) is 14.5. The number of benzene rings is 1. The monoisotopic (exact) mass is 319 g/mol. The summed E-state index contributed by atoms with van der Waals surface area (Å²) in [6, 6.07) is 10.2. The van der Waals surface area contributed by atoms with Crippen LogP contribution in [-0.2, 0) is 16.1 Å². The topological polar surface area (TPSA) is 53.9 Å². The lowest BCUT2D eigenvalue weighted by Crippen LogP contribution is -2.37. The number of ether oxygens (including phenoxy) is 1. The van der Waals surface area contributed by atoms with Crippen LogP contribution in [0, 0.1) is 0 Å². The Bertz CT molecular complexity index is 472. The number of rotatable bonds is 9. The van der Waals surface area contributed by atoms with Crippen LogP contribution in [0.15, 0.2) is 35.3 Å². The molecule has 0 saturated carbocycles. The van der Waals surface area contributed by atoms with Crippen molar-refractivity contribution in [1.82, 2.24) is 10.2 Å². The molecule has 0 radical (unpaired) electrons. The van der Waals surface area contributed by atoms with Crippen molar-refractivity contribution < 1.29 is 9.53 Å². The average molecular weight is 319 g/mol. The highest BCUT2D eigenvalue weighted by atomic mass is 16.5. The van der Waals surface area contributed by atoms with Crippen LogP contribution >= 0.6 is 0 Å². The van der Waals surface area contributed by atoms with Gasteiger partial charge in [-0.3, -0.25) is 4.79 Å². The van der Waals surface area contributed by atoms with Crippen molar-refractivity contribution >= 4 is 11.9 Å². The standard InChI is InChI=1S/C18H29N3O2/c1-21(2)18(20-15-16-11-7-6-8-12-16)19-14-10-5-4-9-13-17(22)23-3/h6-8,11-12H,4-5,9-10,13-15H2,1-3H3,(H,19,20). The van der Waals surface area contributed by atoms with Gasteiger partial charge in [0.15, 0.2) is 5.96 Å². The maximum Gasteiger partial charge on any atom is 0.305 e. The van der Waals surface area contributed by atoms with E-state index in [9.17, 15) is 4.79 Å². The molecule has 0 saturated heterocycles. The summed E-state index contributed by atoms with van der Waals surface area (Å²) >= 11 is 0. The van der Waals surface area contributed by atoms with Crippen molar-refractivity contribution in [3.05, 3.63) is 35.9 Å². The molecule has 5 heteroatoms. The number of nitrogens with zero attached hydrogens (tertiary/aromatic N) is 2.